The fourth-order valence-electron chi connectivity index (χ4n) is 9.35. The van der Waals surface area contributed by atoms with Crippen molar-refractivity contribution in [2.75, 3.05) is 109 Å². The van der Waals surface area contributed by atoms with Crippen LogP contribution < -0.4 is 4.90 Å². The minimum absolute atomic E-state index is 0. The number of fused-ring (bicyclic) bond motifs is 2. The zero-order chi connectivity index (χ0) is 58.8. The standard InChI is InChI=1S/C51H69N3O22S4.CH4/c1-50(20-9-35-77(58,59)60)41-37-39(79(64,65)66)13-15-43(41)52(22-25-70-3)45(50)11-7-5-4-6-8-12-46-51(2,21-10-36-78(61,62)63)42-38-40(80(67,68)69)14-16-44(42)53(46)23-26-72-28-30-74-32-34-75-33-31-73-29-27-71-24-19-49(57)76-54-47(55)17-18-48(54)56;/h4-8,11-16,37-38H,9-10,17-36H2,1-3H3,(H3-,58,59,60,61,62,63,64,65,66,67,68,69);1H4/p-3. The predicted molar refractivity (Wildman–Crippen MR) is 288 cm³/mol. The molecule has 25 nitrogen and oxygen atoms in total. The summed E-state index contributed by atoms with van der Waals surface area (Å²) in [4.78, 5) is 40.6. The van der Waals surface area contributed by atoms with Gasteiger partial charge in [0.1, 0.15) is 26.8 Å². The zero-order valence-corrected chi connectivity index (χ0v) is 47.8. The van der Waals surface area contributed by atoms with Gasteiger partial charge in [-0.2, -0.15) is 4.58 Å². The quantitative estimate of drug-likeness (QED) is 0.0311. The van der Waals surface area contributed by atoms with Gasteiger partial charge in [-0.3, -0.25) is 9.59 Å². The van der Waals surface area contributed by atoms with Gasteiger partial charge in [-0.05, 0) is 81.5 Å². The second-order valence-electron chi connectivity index (χ2n) is 18.9. The first kappa shape index (κ1) is 68.4. The SMILES string of the molecule is C.COCCN1C(=CC=CC=CC=CC2=[N+](CCOCCOCCOCCOCCOCCC(=O)ON3C(=O)CCC3=O)c3ccc(S(=O)(=O)[O-])cc3C2(C)CCCS(=O)(=O)[O-])C(C)(CCCS(=O)(=O)[O-])c2cc(S(=O)(=O)[O-])ccc21. The number of ether oxygens (including phenoxy) is 6. The smallest absolute Gasteiger partial charge is 0.335 e. The van der Waals surface area contributed by atoms with E-state index in [2.05, 4.69) is 0 Å². The summed E-state index contributed by atoms with van der Waals surface area (Å²) in [5, 5.41) is 0.476. The lowest BCUT2D eigenvalue weighted by Gasteiger charge is -2.30. The van der Waals surface area contributed by atoms with E-state index in [9.17, 15) is 66.3 Å². The first-order valence-corrected chi connectivity index (χ1v) is 31.3. The van der Waals surface area contributed by atoms with E-state index in [1.807, 2.05) is 9.48 Å². The second-order valence-corrected chi connectivity index (χ2v) is 24.7. The Morgan fingerprint density at radius 3 is 1.64 bits per heavy atom. The van der Waals surface area contributed by atoms with Gasteiger partial charge in [0.15, 0.2) is 12.3 Å². The van der Waals surface area contributed by atoms with Gasteiger partial charge in [-0.25, -0.2) is 38.5 Å². The van der Waals surface area contributed by atoms with Crippen LogP contribution in [0.1, 0.15) is 77.3 Å². The summed E-state index contributed by atoms with van der Waals surface area (Å²) in [6.07, 6.45) is 11.7. The van der Waals surface area contributed by atoms with E-state index in [4.69, 9.17) is 33.3 Å². The highest BCUT2D eigenvalue weighted by molar-refractivity contribution is 7.86. The van der Waals surface area contributed by atoms with Crippen LogP contribution in [0.2, 0.25) is 0 Å². The number of anilines is 1. The molecule has 81 heavy (non-hydrogen) atoms. The average molecular weight is 1220 g/mol. The fraction of sp³-hybridized carbons (Fsp3) is 0.538. The molecular weight excluding hydrogens is 1150 g/mol. The lowest BCUT2D eigenvalue weighted by molar-refractivity contribution is -0.442. The van der Waals surface area contributed by atoms with E-state index < -0.39 is 90.4 Å². The molecular formula is C52H70N3O22S4-3. The number of carbonyl (C=O) groups excluding carboxylic acids is 3. The van der Waals surface area contributed by atoms with Crippen LogP contribution in [-0.2, 0) is 98.9 Å². The monoisotopic (exact) mass is 1220 g/mol. The van der Waals surface area contributed by atoms with Gasteiger partial charge >= 0.3 is 5.97 Å². The van der Waals surface area contributed by atoms with Gasteiger partial charge in [0, 0.05) is 72.5 Å². The number of hydrogen-bond donors (Lipinski definition) is 0. The van der Waals surface area contributed by atoms with Crippen molar-refractivity contribution >= 4 is 75.3 Å². The summed E-state index contributed by atoms with van der Waals surface area (Å²) in [5.41, 5.74) is 0.953. The molecule has 1 saturated heterocycles. The van der Waals surface area contributed by atoms with Crippen LogP contribution >= 0.6 is 0 Å². The fourth-order valence-corrected chi connectivity index (χ4v) is 11.3. The number of imide groups is 1. The molecule has 3 heterocycles. The Labute approximate surface area is 474 Å². The molecule has 0 aliphatic carbocycles. The van der Waals surface area contributed by atoms with Gasteiger partial charge in [-0.1, -0.05) is 37.8 Å². The maximum absolute atomic E-state index is 12.2. The molecule has 0 spiro atoms. The van der Waals surface area contributed by atoms with Crippen molar-refractivity contribution in [3.8, 4) is 0 Å². The van der Waals surface area contributed by atoms with Gasteiger partial charge < -0.3 is 56.4 Å². The van der Waals surface area contributed by atoms with Crippen molar-refractivity contribution in [1.82, 2.24) is 5.06 Å². The minimum atomic E-state index is -4.92. The van der Waals surface area contributed by atoms with Crippen LogP contribution in [0.15, 0.2) is 94.4 Å². The van der Waals surface area contributed by atoms with Crippen LogP contribution in [0.3, 0.4) is 0 Å². The second kappa shape index (κ2) is 31.0. The maximum atomic E-state index is 12.2. The van der Waals surface area contributed by atoms with Gasteiger partial charge in [0.2, 0.25) is 5.69 Å². The van der Waals surface area contributed by atoms with Crippen LogP contribution in [-0.4, -0.2) is 189 Å². The highest BCUT2D eigenvalue weighted by Gasteiger charge is 2.48. The van der Waals surface area contributed by atoms with Crippen LogP contribution in [0.25, 0.3) is 0 Å². The highest BCUT2D eigenvalue weighted by Crippen LogP contribution is 2.51. The number of rotatable bonds is 36. The first-order chi connectivity index (χ1) is 37.7. The van der Waals surface area contributed by atoms with E-state index in [1.54, 1.807) is 56.4 Å². The summed E-state index contributed by atoms with van der Waals surface area (Å²) < 4.78 is 178. The van der Waals surface area contributed by atoms with Gasteiger partial charge in [0.25, 0.3) is 11.8 Å². The Morgan fingerprint density at radius 2 is 1.11 bits per heavy atom. The molecule has 0 N–H and O–H groups in total. The van der Waals surface area contributed by atoms with E-state index in [0.29, 0.717) is 39.0 Å². The van der Waals surface area contributed by atoms with Crippen molar-refractivity contribution < 1.29 is 104 Å². The zero-order valence-electron chi connectivity index (χ0n) is 44.5. The Morgan fingerprint density at radius 1 is 0.630 bits per heavy atom. The number of allylic oxidation sites excluding steroid dienone is 8. The summed E-state index contributed by atoms with van der Waals surface area (Å²) >= 11 is 0. The summed E-state index contributed by atoms with van der Waals surface area (Å²) in [6, 6.07) is 7.87. The number of hydrogen-bond acceptors (Lipinski definition) is 23. The summed E-state index contributed by atoms with van der Waals surface area (Å²) in [7, 11) is -17.5. The molecule has 5 rings (SSSR count). The Kier molecular flexibility index (Phi) is 26.1. The molecule has 2 amide bonds. The van der Waals surface area contributed by atoms with E-state index >= 15 is 0 Å². The Hall–Kier alpha value is -5.12. The third-order valence-corrected chi connectivity index (χ3v) is 16.4. The van der Waals surface area contributed by atoms with Gasteiger partial charge in [0.05, 0.1) is 108 Å². The van der Waals surface area contributed by atoms with Crippen molar-refractivity contribution in [2.24, 2.45) is 0 Å². The van der Waals surface area contributed by atoms with Crippen LogP contribution in [0, 0.1) is 0 Å². The molecule has 452 valence electrons. The number of amides is 2. The minimum Gasteiger partial charge on any atom is -0.748 e. The van der Waals surface area contributed by atoms with Crippen molar-refractivity contribution in [3.63, 3.8) is 0 Å². The average Bonchev–Trinajstić information content (AvgIpc) is 4.14. The Bertz CT molecular complexity index is 3130. The molecule has 0 saturated carbocycles. The summed E-state index contributed by atoms with van der Waals surface area (Å²) in [5.74, 6) is -3.26. The van der Waals surface area contributed by atoms with Crippen LogP contribution in [0.5, 0.6) is 0 Å². The Balaban J connectivity index is 0.0000141. The third kappa shape index (κ3) is 20.3. The molecule has 2 atom stereocenters. The number of benzene rings is 2. The largest absolute Gasteiger partial charge is 0.748 e. The molecule has 0 aromatic heterocycles. The van der Waals surface area contributed by atoms with Crippen molar-refractivity contribution in [1.29, 1.82) is 0 Å². The molecule has 3 aliphatic rings. The number of methoxy groups -OCH3 is 1. The highest BCUT2D eigenvalue weighted by atomic mass is 32.2. The molecule has 1 fully saturated rings. The normalized spacial score (nSPS) is 19.3. The maximum Gasteiger partial charge on any atom is 0.335 e. The topological polar surface area (TPSA) is 354 Å². The third-order valence-electron chi connectivity index (χ3n) is 13.2. The van der Waals surface area contributed by atoms with Crippen LogP contribution in [0.4, 0.5) is 11.4 Å². The predicted octanol–water partition coefficient (Wildman–Crippen LogP) is 3.20. The first-order valence-electron chi connectivity index (χ1n) is 25.4. The molecule has 2 unspecified atom stereocenters. The molecule has 0 radical (unpaired) electrons. The number of hydroxylamine groups is 2. The van der Waals surface area contributed by atoms with Crippen molar-refractivity contribution in [2.45, 2.75) is 86.8 Å². The molecule has 2 aromatic rings. The van der Waals surface area contributed by atoms with E-state index in [-0.39, 0.29) is 138 Å². The molecule has 2 aromatic carbocycles. The molecule has 29 heteroatoms. The number of nitrogens with zero attached hydrogens (tertiary/aromatic N) is 3. The number of carbonyl (C=O) groups is 3. The van der Waals surface area contributed by atoms with E-state index in [1.165, 1.54) is 43.5 Å². The molecule has 0 bridgehead atoms. The lowest BCUT2D eigenvalue weighted by atomic mass is 9.76. The summed E-state index contributed by atoms with van der Waals surface area (Å²) in [6.45, 7) is 6.23. The van der Waals surface area contributed by atoms with Gasteiger partial charge in [-0.15, -0.1) is 5.06 Å². The lowest BCUT2D eigenvalue weighted by Crippen LogP contribution is -2.32. The van der Waals surface area contributed by atoms with E-state index in [0.717, 1.165) is 0 Å². The molecule has 3 aliphatic heterocycles. The van der Waals surface area contributed by atoms with Crippen molar-refractivity contribution in [3.05, 3.63) is 95.8 Å².